The van der Waals surface area contributed by atoms with E-state index >= 15 is 0 Å². The van der Waals surface area contributed by atoms with Gasteiger partial charge in [-0.1, -0.05) is 36.1 Å². The maximum absolute atomic E-state index is 12.0. The lowest BCUT2D eigenvalue weighted by atomic mass is 9.95. The molecule has 0 saturated heterocycles. The summed E-state index contributed by atoms with van der Waals surface area (Å²) in [6.07, 6.45) is -0.279. The van der Waals surface area contributed by atoms with Gasteiger partial charge in [0, 0.05) is 6.07 Å². The third-order valence-corrected chi connectivity index (χ3v) is 3.14. The number of phenolic OH excluding ortho intramolecular Hbond substituents is 1. The van der Waals surface area contributed by atoms with Crippen molar-refractivity contribution < 1.29 is 19.7 Å². The highest BCUT2D eigenvalue weighted by Gasteiger charge is 2.28. The summed E-state index contributed by atoms with van der Waals surface area (Å²) in [5.41, 5.74) is 0.905. The van der Waals surface area contributed by atoms with Gasteiger partial charge >= 0.3 is 0 Å². The molecule has 0 fully saturated rings. The number of Topliss-reactive ketones (excluding diaryl/α,β-unsaturated/α-hetero) is 1. The van der Waals surface area contributed by atoms with Gasteiger partial charge in [-0.2, -0.15) is 0 Å². The number of hydrogen-bond acceptors (Lipinski definition) is 4. The van der Waals surface area contributed by atoms with E-state index in [1.807, 2.05) is 30.3 Å². The fourth-order valence-corrected chi connectivity index (χ4v) is 2.26. The van der Waals surface area contributed by atoms with Crippen molar-refractivity contribution in [3.63, 3.8) is 0 Å². The van der Waals surface area contributed by atoms with Crippen molar-refractivity contribution in [3.8, 4) is 17.2 Å². The van der Waals surface area contributed by atoms with Gasteiger partial charge < -0.3 is 14.9 Å². The standard InChI is InChI=1S/C15H12O4/c16-10-6-11(17)15-12(18)8-13(19-14(15)7-10)9-4-2-1-3-5-9/h1-7,13,16-17H,8H2/p-1/t13-/m0/s1. The molecule has 19 heavy (non-hydrogen) atoms. The topological polar surface area (TPSA) is 69.6 Å². The van der Waals surface area contributed by atoms with Crippen LogP contribution in [-0.4, -0.2) is 10.9 Å². The Balaban J connectivity index is 2.03. The van der Waals surface area contributed by atoms with Gasteiger partial charge in [0.1, 0.15) is 17.6 Å². The van der Waals surface area contributed by atoms with E-state index in [4.69, 9.17) is 4.74 Å². The van der Waals surface area contributed by atoms with E-state index in [2.05, 4.69) is 0 Å². The Morgan fingerprint density at radius 1 is 1.21 bits per heavy atom. The zero-order valence-electron chi connectivity index (χ0n) is 10.00. The first-order chi connectivity index (χ1) is 9.15. The van der Waals surface area contributed by atoms with Crippen molar-refractivity contribution in [2.45, 2.75) is 12.5 Å². The molecule has 0 aliphatic carbocycles. The first-order valence-corrected chi connectivity index (χ1v) is 5.94. The number of carbonyl (C=O) groups excluding carboxylic acids is 1. The first-order valence-electron chi connectivity index (χ1n) is 5.94. The van der Waals surface area contributed by atoms with Crippen LogP contribution in [0, 0.1) is 0 Å². The number of benzene rings is 2. The van der Waals surface area contributed by atoms with E-state index in [-0.39, 0.29) is 29.3 Å². The molecule has 0 spiro atoms. The lowest BCUT2D eigenvalue weighted by Crippen LogP contribution is -2.21. The summed E-state index contributed by atoms with van der Waals surface area (Å²) < 4.78 is 5.67. The summed E-state index contributed by atoms with van der Waals surface area (Å²) >= 11 is 0. The molecule has 1 aliphatic rings. The van der Waals surface area contributed by atoms with Crippen LogP contribution in [0.5, 0.6) is 17.2 Å². The highest BCUT2D eigenvalue weighted by Crippen LogP contribution is 2.40. The van der Waals surface area contributed by atoms with E-state index in [0.717, 1.165) is 11.6 Å². The van der Waals surface area contributed by atoms with Gasteiger partial charge in [0.15, 0.2) is 5.78 Å². The van der Waals surface area contributed by atoms with E-state index in [0.29, 0.717) is 0 Å². The summed E-state index contributed by atoms with van der Waals surface area (Å²) in [4.78, 5) is 12.0. The van der Waals surface area contributed by atoms with Crippen molar-refractivity contribution in [3.05, 3.63) is 53.6 Å². The van der Waals surface area contributed by atoms with Crippen LogP contribution in [0.25, 0.3) is 0 Å². The minimum atomic E-state index is -0.494. The molecule has 1 N–H and O–H groups in total. The monoisotopic (exact) mass is 255 g/mol. The fraction of sp³-hybridized carbons (Fsp3) is 0.133. The predicted molar refractivity (Wildman–Crippen MR) is 66.3 cm³/mol. The SMILES string of the molecule is O=C1C[C@@H](c2ccccc2)Oc2cc(O)cc([O-])c21. The fourth-order valence-electron chi connectivity index (χ4n) is 2.26. The van der Waals surface area contributed by atoms with Crippen molar-refractivity contribution in [2.75, 3.05) is 0 Å². The maximum Gasteiger partial charge on any atom is 0.170 e. The molecule has 4 nitrogen and oxygen atoms in total. The number of fused-ring (bicyclic) bond motifs is 1. The van der Waals surface area contributed by atoms with Crippen LogP contribution in [0.15, 0.2) is 42.5 Å². The number of rotatable bonds is 1. The summed E-state index contributed by atoms with van der Waals surface area (Å²) in [5, 5.41) is 21.1. The molecule has 1 atom stereocenters. The van der Waals surface area contributed by atoms with Gasteiger partial charge in [0.05, 0.1) is 12.0 Å². The Morgan fingerprint density at radius 2 is 1.95 bits per heavy atom. The minimum Gasteiger partial charge on any atom is -0.872 e. The lowest BCUT2D eigenvalue weighted by molar-refractivity contribution is -0.269. The Hall–Kier alpha value is -2.49. The third kappa shape index (κ3) is 2.01. The highest BCUT2D eigenvalue weighted by atomic mass is 16.5. The summed E-state index contributed by atoms with van der Waals surface area (Å²) in [6.45, 7) is 0. The molecule has 0 radical (unpaired) electrons. The van der Waals surface area contributed by atoms with Crippen LogP contribution >= 0.6 is 0 Å². The first kappa shape index (κ1) is 11.6. The summed E-state index contributed by atoms with van der Waals surface area (Å²) in [5.74, 6) is -0.771. The van der Waals surface area contributed by atoms with Gasteiger partial charge in [0.2, 0.25) is 0 Å². The Labute approximate surface area is 109 Å². The Bertz CT molecular complexity index is 634. The van der Waals surface area contributed by atoms with Crippen LogP contribution in [0.1, 0.15) is 28.4 Å². The van der Waals surface area contributed by atoms with Crippen LogP contribution in [-0.2, 0) is 0 Å². The van der Waals surface area contributed by atoms with Gasteiger partial charge in [-0.25, -0.2) is 0 Å². The van der Waals surface area contributed by atoms with E-state index < -0.39 is 11.9 Å². The molecule has 3 rings (SSSR count). The molecule has 0 amide bonds. The van der Waals surface area contributed by atoms with Crippen molar-refractivity contribution in [2.24, 2.45) is 0 Å². The van der Waals surface area contributed by atoms with Crippen LogP contribution in [0.3, 0.4) is 0 Å². The zero-order valence-corrected chi connectivity index (χ0v) is 10.00. The number of phenols is 1. The minimum absolute atomic E-state index is 0.0324. The molecule has 1 heterocycles. The number of carbonyl (C=O) groups is 1. The normalized spacial score (nSPS) is 17.7. The number of ketones is 1. The molecule has 0 bridgehead atoms. The second kappa shape index (κ2) is 4.31. The van der Waals surface area contributed by atoms with Gasteiger partial charge in [-0.3, -0.25) is 4.79 Å². The molecule has 1 aliphatic heterocycles. The predicted octanol–water partition coefficient (Wildman–Crippen LogP) is 2.17. The van der Waals surface area contributed by atoms with E-state index in [1.54, 1.807) is 0 Å². The smallest absolute Gasteiger partial charge is 0.170 e. The number of ether oxygens (including phenoxy) is 1. The quantitative estimate of drug-likeness (QED) is 0.847. The molecule has 0 saturated carbocycles. The van der Waals surface area contributed by atoms with Crippen molar-refractivity contribution in [1.82, 2.24) is 0 Å². The van der Waals surface area contributed by atoms with Crippen molar-refractivity contribution >= 4 is 5.78 Å². The molecule has 0 unspecified atom stereocenters. The molecule has 2 aromatic rings. The highest BCUT2D eigenvalue weighted by molar-refractivity contribution is 6.02. The summed E-state index contributed by atoms with van der Waals surface area (Å²) in [6, 6.07) is 11.7. The van der Waals surface area contributed by atoms with Crippen LogP contribution < -0.4 is 9.84 Å². The van der Waals surface area contributed by atoms with E-state index in [1.165, 1.54) is 6.07 Å². The average Bonchev–Trinajstić information content (AvgIpc) is 2.38. The zero-order chi connectivity index (χ0) is 13.4. The summed E-state index contributed by atoms with van der Waals surface area (Å²) in [7, 11) is 0. The van der Waals surface area contributed by atoms with Crippen molar-refractivity contribution in [1.29, 1.82) is 0 Å². The van der Waals surface area contributed by atoms with E-state index in [9.17, 15) is 15.0 Å². The Kier molecular flexibility index (Phi) is 2.63. The average molecular weight is 255 g/mol. The van der Waals surface area contributed by atoms with Gasteiger partial charge in [-0.15, -0.1) is 0 Å². The molecule has 2 aromatic carbocycles. The van der Waals surface area contributed by atoms with Gasteiger partial charge in [0.25, 0.3) is 0 Å². The molecule has 0 aromatic heterocycles. The third-order valence-electron chi connectivity index (χ3n) is 3.14. The largest absolute Gasteiger partial charge is 0.872 e. The number of aromatic hydroxyl groups is 1. The Morgan fingerprint density at radius 3 is 2.68 bits per heavy atom. The van der Waals surface area contributed by atoms with Crippen LogP contribution in [0.4, 0.5) is 0 Å². The van der Waals surface area contributed by atoms with Gasteiger partial charge in [-0.05, 0) is 11.6 Å². The molecular formula is C15H11O4-. The van der Waals surface area contributed by atoms with Crippen LogP contribution in [0.2, 0.25) is 0 Å². The molecule has 4 heteroatoms. The second-order valence-corrected chi connectivity index (χ2v) is 4.46. The lowest BCUT2D eigenvalue weighted by Gasteiger charge is -2.28. The molecular weight excluding hydrogens is 244 g/mol. The maximum atomic E-state index is 12.0. The molecule has 96 valence electrons. The second-order valence-electron chi connectivity index (χ2n) is 4.46. The number of hydrogen-bond donors (Lipinski definition) is 1.